The van der Waals surface area contributed by atoms with E-state index in [9.17, 15) is 22.8 Å². The van der Waals surface area contributed by atoms with Crippen LogP contribution in [0.2, 0.25) is 0 Å². The van der Waals surface area contributed by atoms with Crippen LogP contribution in [0.1, 0.15) is 41.8 Å². The Labute approximate surface area is 169 Å². The molecule has 4 rings (SSSR count). The number of carbonyl (C=O) groups excluding carboxylic acids is 3. The van der Waals surface area contributed by atoms with Crippen molar-refractivity contribution >= 4 is 39.6 Å². The zero-order chi connectivity index (χ0) is 20.9. The van der Waals surface area contributed by atoms with E-state index in [1.807, 2.05) is 0 Å². The van der Waals surface area contributed by atoms with Crippen LogP contribution in [0.5, 0.6) is 0 Å². The molecule has 2 fully saturated rings. The predicted molar refractivity (Wildman–Crippen MR) is 98.0 cm³/mol. The standard InChI is InChI=1S/C15H19N5O7S2/c16-9-3-1-2-7(9)13(21)17-18-14(22)11-12-8(4-5-28-12)10-6-19(11)15(23)20(10)27-29(24,25)26/h4-5,7,9-11H,1-3,6,16H2,(H,17,21)(H,18,22)(H,24,25,26)/t7?,9?,10-,11-/m0/s1. The van der Waals surface area contributed by atoms with Crippen LogP contribution >= 0.6 is 11.3 Å². The number of rotatable bonds is 4. The fraction of sp³-hybridized carbons (Fsp3) is 0.533. The van der Waals surface area contributed by atoms with Crippen molar-refractivity contribution in [2.24, 2.45) is 11.7 Å². The molecule has 0 aromatic carbocycles. The van der Waals surface area contributed by atoms with Gasteiger partial charge in [-0.25, -0.2) is 4.79 Å². The van der Waals surface area contributed by atoms with Crippen LogP contribution in [0.15, 0.2) is 11.4 Å². The van der Waals surface area contributed by atoms with Gasteiger partial charge in [-0.1, -0.05) is 6.42 Å². The second-order valence-electron chi connectivity index (χ2n) is 7.10. The highest BCUT2D eigenvalue weighted by atomic mass is 32.3. The number of carbonyl (C=O) groups is 3. The molecule has 1 aromatic rings. The molecule has 12 nitrogen and oxygen atoms in total. The van der Waals surface area contributed by atoms with Gasteiger partial charge in [-0.3, -0.25) is 25.0 Å². The van der Waals surface area contributed by atoms with E-state index in [4.69, 9.17) is 10.3 Å². The quantitative estimate of drug-likeness (QED) is 0.358. The van der Waals surface area contributed by atoms with Crippen molar-refractivity contribution in [3.63, 3.8) is 0 Å². The number of hydroxylamine groups is 2. The highest BCUT2D eigenvalue weighted by Gasteiger charge is 2.52. The number of nitrogens with one attached hydrogen (secondary N) is 2. The van der Waals surface area contributed by atoms with Crippen LogP contribution in [0.4, 0.5) is 4.79 Å². The van der Waals surface area contributed by atoms with Gasteiger partial charge in [0.05, 0.1) is 12.5 Å². The Kier molecular flexibility index (Phi) is 4.98. The Hall–Kier alpha value is -2.26. The molecule has 3 aliphatic rings. The second kappa shape index (κ2) is 7.21. The van der Waals surface area contributed by atoms with E-state index in [1.165, 1.54) is 11.3 Å². The minimum Gasteiger partial charge on any atom is -0.327 e. The van der Waals surface area contributed by atoms with Crippen molar-refractivity contribution in [3.05, 3.63) is 21.9 Å². The SMILES string of the molecule is NC1CCCC1C(=O)NNC(=O)[C@@H]1c2sccc2[C@@H]2CN1C(=O)N2OS(=O)(=O)O. The van der Waals surface area contributed by atoms with Gasteiger partial charge in [0.1, 0.15) is 12.1 Å². The van der Waals surface area contributed by atoms with E-state index in [2.05, 4.69) is 15.1 Å². The highest BCUT2D eigenvalue weighted by molar-refractivity contribution is 7.80. The van der Waals surface area contributed by atoms with Crippen molar-refractivity contribution in [3.8, 4) is 0 Å². The highest BCUT2D eigenvalue weighted by Crippen LogP contribution is 2.46. The van der Waals surface area contributed by atoms with Gasteiger partial charge in [0.15, 0.2) is 0 Å². The largest absolute Gasteiger partial charge is 0.418 e. The minimum absolute atomic E-state index is 0.0163. The monoisotopic (exact) mass is 445 g/mol. The molecule has 4 atom stereocenters. The van der Waals surface area contributed by atoms with Gasteiger partial charge < -0.3 is 10.6 Å². The molecule has 14 heteroatoms. The maximum Gasteiger partial charge on any atom is 0.418 e. The molecule has 2 bridgehead atoms. The number of hydrogen-bond acceptors (Lipinski definition) is 8. The summed E-state index contributed by atoms with van der Waals surface area (Å²) in [6.07, 6.45) is 2.21. The summed E-state index contributed by atoms with van der Waals surface area (Å²) in [6.45, 7) is -0.0163. The van der Waals surface area contributed by atoms with Crippen LogP contribution in [-0.2, 0) is 24.3 Å². The van der Waals surface area contributed by atoms with E-state index < -0.39 is 46.2 Å². The van der Waals surface area contributed by atoms with E-state index in [-0.39, 0.29) is 12.6 Å². The van der Waals surface area contributed by atoms with Gasteiger partial charge in [-0.05, 0) is 29.9 Å². The summed E-state index contributed by atoms with van der Waals surface area (Å²) >= 11 is 1.21. The molecule has 2 aliphatic heterocycles. The fourth-order valence-corrected chi connectivity index (χ4v) is 5.49. The van der Waals surface area contributed by atoms with E-state index in [1.54, 1.807) is 11.4 Å². The summed E-state index contributed by atoms with van der Waals surface area (Å²) in [7, 11) is -4.93. The maximum atomic E-state index is 12.8. The lowest BCUT2D eigenvalue weighted by Gasteiger charge is -2.29. The molecule has 1 saturated carbocycles. The first-order valence-corrected chi connectivity index (χ1v) is 11.1. The lowest BCUT2D eigenvalue weighted by molar-refractivity contribution is -0.133. The maximum absolute atomic E-state index is 12.8. The third-order valence-corrected chi connectivity index (χ3v) is 6.71. The third kappa shape index (κ3) is 3.57. The number of amides is 4. The average Bonchev–Trinajstić information content (AvgIpc) is 3.35. The number of urea groups is 1. The Morgan fingerprint density at radius 1 is 1.28 bits per heavy atom. The molecule has 158 valence electrons. The van der Waals surface area contributed by atoms with Gasteiger partial charge >= 0.3 is 16.4 Å². The van der Waals surface area contributed by atoms with Crippen LogP contribution in [0.25, 0.3) is 0 Å². The Morgan fingerprint density at radius 2 is 2.00 bits per heavy atom. The Bertz CT molecular complexity index is 964. The van der Waals surface area contributed by atoms with Crippen molar-refractivity contribution in [1.82, 2.24) is 20.8 Å². The topological polar surface area (TPSA) is 171 Å². The first kappa shape index (κ1) is 20.0. The van der Waals surface area contributed by atoms with Crippen LogP contribution in [-0.4, -0.2) is 53.4 Å². The van der Waals surface area contributed by atoms with E-state index in [0.717, 1.165) is 17.7 Å². The average molecular weight is 445 g/mol. The molecule has 0 spiro atoms. The molecule has 4 amide bonds. The molecule has 2 unspecified atom stereocenters. The van der Waals surface area contributed by atoms with Crippen molar-refractivity contribution in [2.45, 2.75) is 37.4 Å². The summed E-state index contributed by atoms with van der Waals surface area (Å²) in [6, 6.07) is -1.38. The van der Waals surface area contributed by atoms with Crippen LogP contribution in [0.3, 0.4) is 0 Å². The number of hydrazine groups is 1. The molecule has 5 N–H and O–H groups in total. The molecule has 1 aliphatic carbocycles. The summed E-state index contributed by atoms with van der Waals surface area (Å²) in [5, 5.41) is 2.23. The lowest BCUT2D eigenvalue weighted by Crippen LogP contribution is -2.51. The molecular formula is C15H19N5O7S2. The fourth-order valence-electron chi connectivity index (χ4n) is 4.05. The molecule has 3 heterocycles. The first-order chi connectivity index (χ1) is 13.7. The molecule has 29 heavy (non-hydrogen) atoms. The molecule has 1 saturated heterocycles. The van der Waals surface area contributed by atoms with Gasteiger partial charge in [-0.2, -0.15) is 13.5 Å². The summed E-state index contributed by atoms with van der Waals surface area (Å²) in [5.74, 6) is -1.45. The Morgan fingerprint density at radius 3 is 2.66 bits per heavy atom. The second-order valence-corrected chi connectivity index (χ2v) is 9.05. The van der Waals surface area contributed by atoms with Gasteiger partial charge in [-0.15, -0.1) is 15.6 Å². The molecular weight excluding hydrogens is 426 g/mol. The lowest BCUT2D eigenvalue weighted by atomic mass is 9.99. The van der Waals surface area contributed by atoms with Crippen molar-refractivity contribution in [1.29, 1.82) is 0 Å². The van der Waals surface area contributed by atoms with Crippen LogP contribution in [0, 0.1) is 5.92 Å². The number of fused-ring (bicyclic) bond motifs is 4. The predicted octanol–water partition coefficient (Wildman–Crippen LogP) is -0.409. The van der Waals surface area contributed by atoms with E-state index in [0.29, 0.717) is 21.9 Å². The Balaban J connectivity index is 1.52. The van der Waals surface area contributed by atoms with Crippen molar-refractivity contribution < 1.29 is 31.6 Å². The summed E-state index contributed by atoms with van der Waals surface area (Å²) < 4.78 is 35.6. The summed E-state index contributed by atoms with van der Waals surface area (Å²) in [5.41, 5.74) is 11.1. The van der Waals surface area contributed by atoms with Gasteiger partial charge in [0.25, 0.3) is 5.91 Å². The summed E-state index contributed by atoms with van der Waals surface area (Å²) in [4.78, 5) is 39.3. The smallest absolute Gasteiger partial charge is 0.327 e. The van der Waals surface area contributed by atoms with Crippen LogP contribution < -0.4 is 16.6 Å². The number of nitrogens with two attached hydrogens (primary N) is 1. The normalized spacial score (nSPS) is 28.4. The number of hydrogen-bond donors (Lipinski definition) is 4. The third-order valence-electron chi connectivity index (χ3n) is 5.37. The van der Waals surface area contributed by atoms with Crippen molar-refractivity contribution in [2.75, 3.05) is 6.54 Å². The number of nitrogens with zero attached hydrogens (tertiary/aromatic N) is 2. The van der Waals surface area contributed by atoms with Gasteiger partial charge in [0, 0.05) is 10.9 Å². The zero-order valence-electron chi connectivity index (χ0n) is 15.0. The van der Waals surface area contributed by atoms with E-state index >= 15 is 0 Å². The molecule has 1 aromatic heterocycles. The number of thiophene rings is 1. The minimum atomic E-state index is -4.93. The van der Waals surface area contributed by atoms with Gasteiger partial charge in [0.2, 0.25) is 5.91 Å². The first-order valence-electron chi connectivity index (χ1n) is 8.87. The zero-order valence-corrected chi connectivity index (χ0v) is 16.6. The molecule has 0 radical (unpaired) electrons.